The Morgan fingerprint density at radius 2 is 1.95 bits per heavy atom. The normalized spacial score (nSPS) is 12.2. The molecule has 2 aromatic carbocycles. The number of ether oxygens (including phenoxy) is 1. The van der Waals surface area contributed by atoms with E-state index in [9.17, 15) is 4.39 Å². The third-order valence-electron chi connectivity index (χ3n) is 3.18. The molecule has 3 nitrogen and oxygen atoms in total. The minimum Gasteiger partial charge on any atom is -0.494 e. The molecule has 0 bridgehead atoms. The molecule has 0 fully saturated rings. The highest BCUT2D eigenvalue weighted by molar-refractivity contribution is 5.38. The van der Waals surface area contributed by atoms with Gasteiger partial charge in [0.15, 0.2) is 0 Å². The first-order chi connectivity index (χ1) is 9.65. The van der Waals surface area contributed by atoms with Crippen LogP contribution in [0.3, 0.4) is 0 Å². The van der Waals surface area contributed by atoms with Gasteiger partial charge in [0.2, 0.25) is 0 Å². The molecule has 0 saturated carbocycles. The van der Waals surface area contributed by atoms with Crippen LogP contribution in [0, 0.1) is 12.7 Å². The van der Waals surface area contributed by atoms with Crippen molar-refractivity contribution in [3.05, 3.63) is 65.0 Å². The van der Waals surface area contributed by atoms with E-state index in [1.807, 2.05) is 31.2 Å². The molecule has 1 atom stereocenters. The van der Waals surface area contributed by atoms with Crippen molar-refractivity contribution in [1.29, 1.82) is 0 Å². The summed E-state index contributed by atoms with van der Waals surface area (Å²) in [5, 5.41) is 0. The number of aryl methyl sites for hydroxylation is 1. The van der Waals surface area contributed by atoms with E-state index < -0.39 is 0 Å². The molecule has 0 radical (unpaired) electrons. The van der Waals surface area contributed by atoms with Crippen LogP contribution >= 0.6 is 0 Å². The maximum absolute atomic E-state index is 13.4. The van der Waals surface area contributed by atoms with Crippen LogP contribution < -0.4 is 16.0 Å². The lowest BCUT2D eigenvalue weighted by atomic mass is 9.97. The summed E-state index contributed by atoms with van der Waals surface area (Å²) in [6.45, 7) is 4.29. The number of hydrogen-bond donors (Lipinski definition) is 2. The van der Waals surface area contributed by atoms with E-state index in [1.54, 1.807) is 19.1 Å². The molecule has 2 rings (SSSR count). The summed E-state index contributed by atoms with van der Waals surface area (Å²) in [5.74, 6) is 6.24. The largest absolute Gasteiger partial charge is 0.494 e. The van der Waals surface area contributed by atoms with E-state index >= 15 is 0 Å². The van der Waals surface area contributed by atoms with Gasteiger partial charge >= 0.3 is 0 Å². The molecule has 2 aromatic rings. The van der Waals surface area contributed by atoms with E-state index in [2.05, 4.69) is 5.43 Å². The van der Waals surface area contributed by atoms with Crippen LogP contribution in [0.1, 0.15) is 29.7 Å². The van der Waals surface area contributed by atoms with Crippen LogP contribution in [-0.2, 0) is 0 Å². The first kappa shape index (κ1) is 14.5. The molecule has 0 amide bonds. The Kier molecular flexibility index (Phi) is 4.71. The standard InChI is InChI=1S/C16H19FN2O/c1-3-20-14-6-4-5-12(10-14)16(19-18)13-7-8-15(17)11(2)9-13/h4-10,16,19H,3,18H2,1-2H3. The number of benzene rings is 2. The molecule has 3 N–H and O–H groups in total. The average Bonchev–Trinajstić information content (AvgIpc) is 2.44. The van der Waals surface area contributed by atoms with Gasteiger partial charge in [-0.15, -0.1) is 0 Å². The Hall–Kier alpha value is -1.91. The van der Waals surface area contributed by atoms with Gasteiger partial charge < -0.3 is 4.74 Å². The molecule has 0 aliphatic carbocycles. The van der Waals surface area contributed by atoms with E-state index in [0.717, 1.165) is 16.9 Å². The Morgan fingerprint density at radius 1 is 1.20 bits per heavy atom. The Morgan fingerprint density at radius 3 is 2.60 bits per heavy atom. The smallest absolute Gasteiger partial charge is 0.126 e. The van der Waals surface area contributed by atoms with Gasteiger partial charge in [0, 0.05) is 0 Å². The molecule has 1 unspecified atom stereocenters. The summed E-state index contributed by atoms with van der Waals surface area (Å²) in [6.07, 6.45) is 0. The molecular formula is C16H19FN2O. The number of nitrogens with one attached hydrogen (secondary N) is 1. The van der Waals surface area contributed by atoms with Gasteiger partial charge in [-0.25, -0.2) is 9.82 Å². The van der Waals surface area contributed by atoms with Crippen molar-refractivity contribution in [2.24, 2.45) is 5.84 Å². The number of halogens is 1. The minimum atomic E-state index is -0.215. The fourth-order valence-electron chi connectivity index (χ4n) is 2.18. The average molecular weight is 274 g/mol. The van der Waals surface area contributed by atoms with Crippen molar-refractivity contribution in [3.63, 3.8) is 0 Å². The summed E-state index contributed by atoms with van der Waals surface area (Å²) in [5.41, 5.74) is 5.27. The zero-order valence-electron chi connectivity index (χ0n) is 11.7. The van der Waals surface area contributed by atoms with E-state index in [1.165, 1.54) is 6.07 Å². The van der Waals surface area contributed by atoms with Crippen molar-refractivity contribution in [1.82, 2.24) is 5.43 Å². The zero-order valence-corrected chi connectivity index (χ0v) is 11.7. The van der Waals surface area contributed by atoms with Gasteiger partial charge in [0.05, 0.1) is 12.6 Å². The highest BCUT2D eigenvalue weighted by Crippen LogP contribution is 2.26. The lowest BCUT2D eigenvalue weighted by molar-refractivity contribution is 0.339. The van der Waals surface area contributed by atoms with Crippen molar-refractivity contribution >= 4 is 0 Å². The second kappa shape index (κ2) is 6.50. The van der Waals surface area contributed by atoms with Crippen LogP contribution in [0.5, 0.6) is 5.75 Å². The van der Waals surface area contributed by atoms with Gasteiger partial charge in [-0.1, -0.05) is 24.3 Å². The molecule has 0 aliphatic heterocycles. The highest BCUT2D eigenvalue weighted by Gasteiger charge is 2.14. The monoisotopic (exact) mass is 274 g/mol. The first-order valence-corrected chi connectivity index (χ1v) is 6.60. The third kappa shape index (κ3) is 3.15. The van der Waals surface area contributed by atoms with Gasteiger partial charge in [0.25, 0.3) is 0 Å². The number of nitrogens with two attached hydrogens (primary N) is 1. The van der Waals surface area contributed by atoms with Crippen molar-refractivity contribution in [2.45, 2.75) is 19.9 Å². The molecule has 0 heterocycles. The second-order valence-electron chi connectivity index (χ2n) is 4.61. The van der Waals surface area contributed by atoms with Crippen LogP contribution in [-0.4, -0.2) is 6.61 Å². The molecule has 20 heavy (non-hydrogen) atoms. The lowest BCUT2D eigenvalue weighted by Crippen LogP contribution is -2.28. The molecular weight excluding hydrogens is 255 g/mol. The molecule has 106 valence electrons. The number of rotatable bonds is 5. The van der Waals surface area contributed by atoms with Gasteiger partial charge in [-0.2, -0.15) is 0 Å². The fourth-order valence-corrected chi connectivity index (χ4v) is 2.18. The molecule has 4 heteroatoms. The summed E-state index contributed by atoms with van der Waals surface area (Å²) in [6, 6.07) is 12.5. The lowest BCUT2D eigenvalue weighted by Gasteiger charge is -2.18. The van der Waals surface area contributed by atoms with Crippen LogP contribution in [0.2, 0.25) is 0 Å². The number of hydrogen-bond acceptors (Lipinski definition) is 3. The van der Waals surface area contributed by atoms with Crippen molar-refractivity contribution in [3.8, 4) is 5.75 Å². The van der Waals surface area contributed by atoms with Gasteiger partial charge in [-0.05, 0) is 48.7 Å². The molecule has 0 spiro atoms. The maximum Gasteiger partial charge on any atom is 0.126 e. The highest BCUT2D eigenvalue weighted by atomic mass is 19.1. The van der Waals surface area contributed by atoms with Gasteiger partial charge in [0.1, 0.15) is 11.6 Å². The predicted molar refractivity (Wildman–Crippen MR) is 77.9 cm³/mol. The second-order valence-corrected chi connectivity index (χ2v) is 4.61. The van der Waals surface area contributed by atoms with Crippen LogP contribution in [0.15, 0.2) is 42.5 Å². The Balaban J connectivity index is 2.36. The fraction of sp³-hybridized carbons (Fsp3) is 0.250. The summed E-state index contributed by atoms with van der Waals surface area (Å²) < 4.78 is 18.9. The van der Waals surface area contributed by atoms with E-state index in [4.69, 9.17) is 10.6 Å². The SMILES string of the molecule is CCOc1cccc(C(NN)c2ccc(F)c(C)c2)c1. The van der Waals surface area contributed by atoms with E-state index in [-0.39, 0.29) is 11.9 Å². The predicted octanol–water partition coefficient (Wildman–Crippen LogP) is 3.09. The van der Waals surface area contributed by atoms with Crippen molar-refractivity contribution < 1.29 is 9.13 Å². The number of hydrazine groups is 1. The Bertz CT molecular complexity index is 586. The van der Waals surface area contributed by atoms with Crippen molar-refractivity contribution in [2.75, 3.05) is 6.61 Å². The van der Waals surface area contributed by atoms with Crippen LogP contribution in [0.4, 0.5) is 4.39 Å². The molecule has 0 aromatic heterocycles. The minimum absolute atomic E-state index is 0.199. The molecule has 0 saturated heterocycles. The Labute approximate surface area is 118 Å². The van der Waals surface area contributed by atoms with E-state index in [0.29, 0.717) is 12.2 Å². The van der Waals surface area contributed by atoms with Crippen LogP contribution in [0.25, 0.3) is 0 Å². The first-order valence-electron chi connectivity index (χ1n) is 6.60. The quantitative estimate of drug-likeness (QED) is 0.650. The summed E-state index contributed by atoms with van der Waals surface area (Å²) in [4.78, 5) is 0. The topological polar surface area (TPSA) is 47.3 Å². The third-order valence-corrected chi connectivity index (χ3v) is 3.18. The zero-order chi connectivity index (χ0) is 14.5. The van der Waals surface area contributed by atoms with Gasteiger partial charge in [-0.3, -0.25) is 5.84 Å². The summed E-state index contributed by atoms with van der Waals surface area (Å²) in [7, 11) is 0. The maximum atomic E-state index is 13.4. The summed E-state index contributed by atoms with van der Waals surface area (Å²) >= 11 is 0. The molecule has 0 aliphatic rings.